The van der Waals surface area contributed by atoms with Crippen molar-refractivity contribution in [2.24, 2.45) is 11.8 Å². The third kappa shape index (κ3) is 3.21. The first kappa shape index (κ1) is 13.3. The zero-order chi connectivity index (χ0) is 13.8. The molecule has 1 aliphatic carbocycles. The molecule has 0 spiro atoms. The molecule has 0 radical (unpaired) electrons. The van der Waals surface area contributed by atoms with Gasteiger partial charge < -0.3 is 15.4 Å². The van der Waals surface area contributed by atoms with Crippen LogP contribution >= 0.6 is 0 Å². The molecular formula is C13H16N2O4. The second kappa shape index (κ2) is 5.69. The smallest absolute Gasteiger partial charge is 0.306 e. The molecular weight excluding hydrogens is 248 g/mol. The number of carbonyl (C=O) groups excluding carboxylic acids is 1. The van der Waals surface area contributed by atoms with Gasteiger partial charge >= 0.3 is 5.97 Å². The van der Waals surface area contributed by atoms with E-state index in [0.717, 1.165) is 12.8 Å². The fourth-order valence-electron chi connectivity index (χ4n) is 2.52. The summed E-state index contributed by atoms with van der Waals surface area (Å²) in [5.74, 6) is -1.54. The van der Waals surface area contributed by atoms with Gasteiger partial charge in [-0.15, -0.1) is 0 Å². The number of aromatic amines is 1. The van der Waals surface area contributed by atoms with E-state index < -0.39 is 5.97 Å². The van der Waals surface area contributed by atoms with Crippen molar-refractivity contribution >= 4 is 11.9 Å². The van der Waals surface area contributed by atoms with Crippen LogP contribution in [0, 0.1) is 11.8 Å². The Labute approximate surface area is 109 Å². The summed E-state index contributed by atoms with van der Waals surface area (Å²) in [6.07, 6.45) is 3.77. The monoisotopic (exact) mass is 264 g/mol. The van der Waals surface area contributed by atoms with Gasteiger partial charge in [0.15, 0.2) is 0 Å². The summed E-state index contributed by atoms with van der Waals surface area (Å²) in [6, 6.07) is 2.73. The van der Waals surface area contributed by atoms with Crippen LogP contribution in [0.1, 0.15) is 29.6 Å². The van der Waals surface area contributed by atoms with Crippen LogP contribution in [0.3, 0.4) is 0 Å². The van der Waals surface area contributed by atoms with Gasteiger partial charge in [0.1, 0.15) is 0 Å². The van der Waals surface area contributed by atoms with E-state index in [2.05, 4.69) is 10.3 Å². The predicted molar refractivity (Wildman–Crippen MR) is 67.9 cm³/mol. The number of H-pyrrole nitrogens is 1. The topological polar surface area (TPSA) is 99.3 Å². The molecule has 3 N–H and O–H groups in total. The van der Waals surface area contributed by atoms with Gasteiger partial charge in [-0.25, -0.2) is 0 Å². The lowest BCUT2D eigenvalue weighted by Crippen LogP contribution is -2.33. The number of carbonyl (C=O) groups is 2. The summed E-state index contributed by atoms with van der Waals surface area (Å²) in [5.41, 5.74) is -0.0504. The van der Waals surface area contributed by atoms with Gasteiger partial charge in [-0.1, -0.05) is 6.42 Å². The van der Waals surface area contributed by atoms with Crippen LogP contribution in [-0.4, -0.2) is 28.5 Å². The van der Waals surface area contributed by atoms with Crippen LogP contribution in [0.4, 0.5) is 0 Å². The maximum atomic E-state index is 11.8. The van der Waals surface area contributed by atoms with Crippen LogP contribution in [0.5, 0.6) is 0 Å². The van der Waals surface area contributed by atoms with Crippen LogP contribution in [0.15, 0.2) is 23.1 Å². The number of nitrogens with one attached hydrogen (secondary N) is 2. The van der Waals surface area contributed by atoms with Crippen molar-refractivity contribution in [3.63, 3.8) is 0 Å². The lowest BCUT2D eigenvalue weighted by Gasteiger charge is -2.16. The van der Waals surface area contributed by atoms with Gasteiger partial charge in [0.25, 0.3) is 5.91 Å². The molecule has 0 aliphatic heterocycles. The van der Waals surface area contributed by atoms with Crippen LogP contribution in [0.2, 0.25) is 0 Å². The second-order valence-corrected chi connectivity index (χ2v) is 4.79. The van der Waals surface area contributed by atoms with Gasteiger partial charge in [-0.2, -0.15) is 0 Å². The minimum absolute atomic E-state index is 0.0246. The summed E-state index contributed by atoms with van der Waals surface area (Å²) < 4.78 is 0. The Morgan fingerprint density at radius 1 is 1.42 bits per heavy atom. The first-order valence-corrected chi connectivity index (χ1v) is 6.27. The zero-order valence-corrected chi connectivity index (χ0v) is 10.4. The highest BCUT2D eigenvalue weighted by molar-refractivity contribution is 5.93. The maximum absolute atomic E-state index is 11.8. The minimum Gasteiger partial charge on any atom is -0.481 e. The summed E-state index contributed by atoms with van der Waals surface area (Å²) in [7, 11) is 0. The average Bonchev–Trinajstić information content (AvgIpc) is 2.84. The molecule has 102 valence electrons. The van der Waals surface area contributed by atoms with Gasteiger partial charge in [0.2, 0.25) is 5.56 Å². The van der Waals surface area contributed by atoms with E-state index in [-0.39, 0.29) is 28.9 Å². The van der Waals surface area contributed by atoms with Crippen LogP contribution in [0.25, 0.3) is 0 Å². The highest BCUT2D eigenvalue weighted by Gasteiger charge is 2.32. The molecule has 1 aromatic heterocycles. The van der Waals surface area contributed by atoms with Gasteiger partial charge in [0.05, 0.1) is 5.92 Å². The lowest BCUT2D eigenvalue weighted by atomic mass is 9.96. The molecule has 1 heterocycles. The number of aromatic nitrogens is 1. The minimum atomic E-state index is -0.798. The van der Waals surface area contributed by atoms with Crippen LogP contribution < -0.4 is 10.9 Å². The molecule has 1 saturated carbocycles. The molecule has 2 rings (SSSR count). The quantitative estimate of drug-likeness (QED) is 0.741. The molecule has 1 fully saturated rings. The van der Waals surface area contributed by atoms with Gasteiger partial charge in [0, 0.05) is 24.4 Å². The first-order chi connectivity index (χ1) is 9.08. The fourth-order valence-corrected chi connectivity index (χ4v) is 2.52. The molecule has 19 heavy (non-hydrogen) atoms. The number of carboxylic acids is 1. The van der Waals surface area contributed by atoms with E-state index >= 15 is 0 Å². The van der Waals surface area contributed by atoms with Crippen molar-refractivity contribution in [2.45, 2.75) is 19.3 Å². The standard InChI is InChI=1S/C13H16N2O4/c16-11-6-8(4-5-14-11)12(17)15-7-9-2-1-3-10(9)13(18)19/h4-6,9-10H,1-3,7H2,(H,14,16)(H,15,17)(H,18,19). The molecule has 0 saturated heterocycles. The van der Waals surface area contributed by atoms with Crippen molar-refractivity contribution in [3.05, 3.63) is 34.2 Å². The maximum Gasteiger partial charge on any atom is 0.306 e. The summed E-state index contributed by atoms with van der Waals surface area (Å²) in [4.78, 5) is 36.3. The summed E-state index contributed by atoms with van der Waals surface area (Å²) in [6.45, 7) is 0.336. The summed E-state index contributed by atoms with van der Waals surface area (Å²) >= 11 is 0. The second-order valence-electron chi connectivity index (χ2n) is 4.79. The SMILES string of the molecule is O=C(NCC1CCCC1C(=O)O)c1cc[nH]c(=O)c1. The number of carboxylic acid groups (broad SMARTS) is 1. The van der Waals surface area contributed by atoms with E-state index in [4.69, 9.17) is 5.11 Å². The normalized spacial score (nSPS) is 22.1. The Morgan fingerprint density at radius 2 is 2.21 bits per heavy atom. The molecule has 1 aromatic rings. The van der Waals surface area contributed by atoms with E-state index in [0.29, 0.717) is 13.0 Å². The number of amides is 1. The third-order valence-corrected chi connectivity index (χ3v) is 3.54. The molecule has 1 amide bonds. The van der Waals surface area contributed by atoms with Crippen molar-refractivity contribution < 1.29 is 14.7 Å². The molecule has 1 aliphatic rings. The van der Waals surface area contributed by atoms with Gasteiger partial charge in [-0.05, 0) is 24.8 Å². The Morgan fingerprint density at radius 3 is 2.89 bits per heavy atom. The Kier molecular flexibility index (Phi) is 3.99. The highest BCUT2D eigenvalue weighted by Crippen LogP contribution is 2.31. The molecule has 0 aromatic carbocycles. The fraction of sp³-hybridized carbons (Fsp3) is 0.462. The molecule has 6 heteroatoms. The Balaban J connectivity index is 1.94. The van der Waals surface area contributed by atoms with Crippen molar-refractivity contribution in [3.8, 4) is 0 Å². The first-order valence-electron chi connectivity index (χ1n) is 6.27. The number of aliphatic carboxylic acids is 1. The highest BCUT2D eigenvalue weighted by atomic mass is 16.4. The van der Waals surface area contributed by atoms with Crippen molar-refractivity contribution in [2.75, 3.05) is 6.54 Å². The predicted octanol–water partition coefficient (Wildman–Crippen LogP) is 0.606. The Bertz CT molecular complexity index is 537. The number of hydrogen-bond donors (Lipinski definition) is 3. The lowest BCUT2D eigenvalue weighted by molar-refractivity contribution is -0.142. The van der Waals surface area contributed by atoms with Crippen LogP contribution in [-0.2, 0) is 4.79 Å². The van der Waals surface area contributed by atoms with E-state index in [1.54, 1.807) is 0 Å². The largest absolute Gasteiger partial charge is 0.481 e. The average molecular weight is 264 g/mol. The molecule has 2 unspecified atom stereocenters. The molecule has 0 bridgehead atoms. The third-order valence-electron chi connectivity index (χ3n) is 3.54. The molecule has 2 atom stereocenters. The van der Waals surface area contributed by atoms with E-state index in [1.165, 1.54) is 18.3 Å². The van der Waals surface area contributed by atoms with E-state index in [1.807, 2.05) is 0 Å². The van der Waals surface area contributed by atoms with E-state index in [9.17, 15) is 14.4 Å². The van der Waals surface area contributed by atoms with Crippen molar-refractivity contribution in [1.82, 2.24) is 10.3 Å². The molecule has 6 nitrogen and oxygen atoms in total. The van der Waals surface area contributed by atoms with Crippen molar-refractivity contribution in [1.29, 1.82) is 0 Å². The number of hydrogen-bond acceptors (Lipinski definition) is 3. The Hall–Kier alpha value is -2.11. The van der Waals surface area contributed by atoms with Gasteiger partial charge in [-0.3, -0.25) is 14.4 Å². The summed E-state index contributed by atoms with van der Waals surface area (Å²) in [5, 5.41) is 11.7. The zero-order valence-electron chi connectivity index (χ0n) is 10.4. The number of pyridine rings is 1. The number of rotatable bonds is 4.